The maximum Gasteiger partial charge on any atom is 0.323 e. The molecule has 2 rings (SSSR count). The fraction of sp³-hybridized carbons (Fsp3) is 0.111. The third kappa shape index (κ3) is 4.81. The second kappa shape index (κ2) is 8.14. The number of nitrogens with zero attached hydrogens (tertiary/aromatic N) is 3. The maximum absolute atomic E-state index is 12.4. The van der Waals surface area contributed by atoms with Crippen molar-refractivity contribution in [1.82, 2.24) is 0 Å². The molecule has 0 aliphatic rings. The first kappa shape index (κ1) is 17.5. The summed E-state index contributed by atoms with van der Waals surface area (Å²) in [6.45, 7) is -0.598. The Morgan fingerprint density at radius 1 is 0.960 bits per heavy atom. The Bertz CT molecular complexity index is 846. The van der Waals surface area contributed by atoms with Crippen molar-refractivity contribution in [3.05, 3.63) is 59.7 Å². The normalized spacial score (nSPS) is 9.52. The van der Waals surface area contributed by atoms with Crippen LogP contribution < -0.4 is 10.2 Å². The molecule has 0 aromatic heterocycles. The molecule has 0 atom stereocenters. The standard InChI is InChI=1S/C18H14N4O3/c19-9-13-1-5-15(6-2-13)21-11-17(23)22(12-18(24)25)16-7-3-14(10-20)4-8-16/h1-8,21H,11-12H2,(H,24,25). The highest BCUT2D eigenvalue weighted by Crippen LogP contribution is 2.16. The van der Waals surface area contributed by atoms with Crippen molar-refractivity contribution in [2.75, 3.05) is 23.3 Å². The topological polar surface area (TPSA) is 117 Å². The number of carbonyl (C=O) groups is 2. The van der Waals surface area contributed by atoms with E-state index < -0.39 is 18.4 Å². The molecule has 0 aliphatic carbocycles. The van der Waals surface area contributed by atoms with E-state index in [0.717, 1.165) is 4.90 Å². The van der Waals surface area contributed by atoms with Crippen LogP contribution in [0.5, 0.6) is 0 Å². The summed E-state index contributed by atoms with van der Waals surface area (Å²) in [6.07, 6.45) is 0. The first-order valence-corrected chi connectivity index (χ1v) is 7.30. The molecular weight excluding hydrogens is 320 g/mol. The lowest BCUT2D eigenvalue weighted by Gasteiger charge is -2.21. The molecule has 2 aromatic rings. The number of anilines is 2. The summed E-state index contributed by atoms with van der Waals surface area (Å²) in [5, 5.41) is 29.5. The average molecular weight is 334 g/mol. The number of hydrogen-bond donors (Lipinski definition) is 2. The Hall–Kier alpha value is -3.84. The van der Waals surface area contributed by atoms with Gasteiger partial charge in [0.05, 0.1) is 29.8 Å². The Balaban J connectivity index is 2.10. The van der Waals surface area contributed by atoms with Gasteiger partial charge in [-0.05, 0) is 48.5 Å². The number of hydrogen-bond acceptors (Lipinski definition) is 5. The third-order valence-corrected chi connectivity index (χ3v) is 3.36. The van der Waals surface area contributed by atoms with Crippen molar-refractivity contribution in [2.45, 2.75) is 0 Å². The molecule has 2 N–H and O–H groups in total. The minimum atomic E-state index is -1.14. The van der Waals surface area contributed by atoms with E-state index in [-0.39, 0.29) is 6.54 Å². The molecule has 0 saturated carbocycles. The average Bonchev–Trinajstić information content (AvgIpc) is 2.64. The summed E-state index contributed by atoms with van der Waals surface area (Å²) < 4.78 is 0. The highest BCUT2D eigenvalue weighted by molar-refractivity contribution is 5.99. The monoisotopic (exact) mass is 334 g/mol. The predicted octanol–water partition coefficient (Wildman–Crippen LogP) is 1.96. The van der Waals surface area contributed by atoms with Gasteiger partial charge in [-0.1, -0.05) is 0 Å². The SMILES string of the molecule is N#Cc1ccc(NCC(=O)N(CC(=O)O)c2ccc(C#N)cc2)cc1. The van der Waals surface area contributed by atoms with Crippen LogP contribution in [0.15, 0.2) is 48.5 Å². The van der Waals surface area contributed by atoms with Crippen molar-refractivity contribution in [1.29, 1.82) is 10.5 Å². The Kier molecular flexibility index (Phi) is 5.70. The van der Waals surface area contributed by atoms with Gasteiger partial charge in [-0.15, -0.1) is 0 Å². The largest absolute Gasteiger partial charge is 0.480 e. The number of nitriles is 2. The Labute approximate surface area is 144 Å². The minimum absolute atomic E-state index is 0.112. The number of carboxylic acids is 1. The number of benzene rings is 2. The molecule has 0 saturated heterocycles. The molecule has 1 amide bonds. The fourth-order valence-corrected chi connectivity index (χ4v) is 2.11. The summed E-state index contributed by atoms with van der Waals surface area (Å²) in [4.78, 5) is 24.6. The number of amides is 1. The van der Waals surface area contributed by atoms with E-state index in [1.165, 1.54) is 24.3 Å². The molecule has 7 heteroatoms. The smallest absolute Gasteiger partial charge is 0.323 e. The van der Waals surface area contributed by atoms with E-state index in [4.69, 9.17) is 15.6 Å². The summed E-state index contributed by atoms with van der Waals surface area (Å²) in [7, 11) is 0. The van der Waals surface area contributed by atoms with Gasteiger partial charge in [0, 0.05) is 11.4 Å². The molecule has 0 radical (unpaired) electrons. The second-order valence-corrected chi connectivity index (χ2v) is 5.08. The summed E-state index contributed by atoms with van der Waals surface area (Å²) in [5.41, 5.74) is 1.96. The molecule has 0 spiro atoms. The number of carboxylic acid groups (broad SMARTS) is 1. The van der Waals surface area contributed by atoms with Gasteiger partial charge in [0.15, 0.2) is 0 Å². The molecule has 2 aromatic carbocycles. The number of carbonyl (C=O) groups excluding carboxylic acids is 1. The van der Waals surface area contributed by atoms with Crippen LogP contribution in [0.25, 0.3) is 0 Å². The lowest BCUT2D eigenvalue weighted by atomic mass is 10.2. The van der Waals surface area contributed by atoms with Gasteiger partial charge in [0.2, 0.25) is 5.91 Å². The Morgan fingerprint density at radius 2 is 1.48 bits per heavy atom. The van der Waals surface area contributed by atoms with E-state index in [1.807, 2.05) is 12.1 Å². The highest BCUT2D eigenvalue weighted by Gasteiger charge is 2.18. The first-order chi connectivity index (χ1) is 12.0. The van der Waals surface area contributed by atoms with Gasteiger partial charge in [-0.3, -0.25) is 14.5 Å². The van der Waals surface area contributed by atoms with Gasteiger partial charge in [-0.25, -0.2) is 0 Å². The summed E-state index contributed by atoms with van der Waals surface area (Å²) >= 11 is 0. The van der Waals surface area contributed by atoms with Crippen molar-refractivity contribution >= 4 is 23.3 Å². The molecular formula is C18H14N4O3. The second-order valence-electron chi connectivity index (χ2n) is 5.08. The van der Waals surface area contributed by atoms with Crippen LogP contribution in [0.3, 0.4) is 0 Å². The zero-order valence-corrected chi connectivity index (χ0v) is 13.1. The van der Waals surface area contributed by atoms with Gasteiger partial charge in [0.25, 0.3) is 0 Å². The summed E-state index contributed by atoms with van der Waals surface area (Å²) in [6, 6.07) is 16.6. The van der Waals surface area contributed by atoms with Crippen LogP contribution >= 0.6 is 0 Å². The van der Waals surface area contributed by atoms with Crippen LogP contribution in [0.2, 0.25) is 0 Å². The number of nitrogens with one attached hydrogen (secondary N) is 1. The molecule has 0 unspecified atom stereocenters. The van der Waals surface area contributed by atoms with Gasteiger partial charge in [0.1, 0.15) is 6.54 Å². The molecule has 0 heterocycles. The quantitative estimate of drug-likeness (QED) is 0.834. The van der Waals surface area contributed by atoms with E-state index in [0.29, 0.717) is 22.5 Å². The predicted molar refractivity (Wildman–Crippen MR) is 90.8 cm³/mol. The third-order valence-electron chi connectivity index (χ3n) is 3.36. The number of rotatable bonds is 6. The molecule has 0 aliphatic heterocycles. The zero-order chi connectivity index (χ0) is 18.2. The maximum atomic E-state index is 12.4. The Morgan fingerprint density at radius 3 is 1.96 bits per heavy atom. The van der Waals surface area contributed by atoms with Crippen LogP contribution in [0, 0.1) is 22.7 Å². The highest BCUT2D eigenvalue weighted by atomic mass is 16.4. The van der Waals surface area contributed by atoms with Crippen molar-refractivity contribution < 1.29 is 14.7 Å². The van der Waals surface area contributed by atoms with Crippen LogP contribution in [-0.4, -0.2) is 30.1 Å². The minimum Gasteiger partial charge on any atom is -0.480 e. The van der Waals surface area contributed by atoms with E-state index in [2.05, 4.69) is 5.32 Å². The molecule has 0 bridgehead atoms. The lowest BCUT2D eigenvalue weighted by Crippen LogP contribution is -2.39. The van der Waals surface area contributed by atoms with Crippen LogP contribution in [-0.2, 0) is 9.59 Å². The van der Waals surface area contributed by atoms with E-state index in [9.17, 15) is 9.59 Å². The van der Waals surface area contributed by atoms with Crippen molar-refractivity contribution in [3.63, 3.8) is 0 Å². The van der Waals surface area contributed by atoms with Crippen LogP contribution in [0.4, 0.5) is 11.4 Å². The van der Waals surface area contributed by atoms with Gasteiger partial charge < -0.3 is 10.4 Å². The molecule has 7 nitrogen and oxygen atoms in total. The molecule has 124 valence electrons. The van der Waals surface area contributed by atoms with E-state index >= 15 is 0 Å². The van der Waals surface area contributed by atoms with Crippen molar-refractivity contribution in [3.8, 4) is 12.1 Å². The zero-order valence-electron chi connectivity index (χ0n) is 13.1. The first-order valence-electron chi connectivity index (χ1n) is 7.30. The van der Waals surface area contributed by atoms with Gasteiger partial charge in [-0.2, -0.15) is 10.5 Å². The van der Waals surface area contributed by atoms with Crippen LogP contribution in [0.1, 0.15) is 11.1 Å². The molecule has 25 heavy (non-hydrogen) atoms. The summed E-state index contributed by atoms with van der Waals surface area (Å²) in [5.74, 6) is -1.58. The van der Waals surface area contributed by atoms with Crippen molar-refractivity contribution in [2.24, 2.45) is 0 Å². The number of aliphatic carboxylic acids is 1. The fourth-order valence-electron chi connectivity index (χ4n) is 2.11. The van der Waals surface area contributed by atoms with E-state index in [1.54, 1.807) is 24.3 Å². The van der Waals surface area contributed by atoms with Gasteiger partial charge >= 0.3 is 5.97 Å². The lowest BCUT2D eigenvalue weighted by molar-refractivity contribution is -0.136. The molecule has 0 fully saturated rings.